The van der Waals surface area contributed by atoms with Gasteiger partial charge in [0.2, 0.25) is 0 Å². The largest absolute Gasteiger partial charge is 0.489 e. The van der Waals surface area contributed by atoms with E-state index < -0.39 is 0 Å². The summed E-state index contributed by atoms with van der Waals surface area (Å²) in [7, 11) is 0. The van der Waals surface area contributed by atoms with E-state index in [9.17, 15) is 0 Å². The fourth-order valence-corrected chi connectivity index (χ4v) is 3.50. The molecule has 98 valence electrons. The monoisotopic (exact) mass is 263 g/mol. The minimum absolute atomic E-state index is 0.0563. The maximum absolute atomic E-state index is 6.22. The van der Waals surface area contributed by atoms with Gasteiger partial charge >= 0.3 is 0 Å². The first-order valence-electron chi connectivity index (χ1n) is 6.86. The summed E-state index contributed by atoms with van der Waals surface area (Å²) < 4.78 is 6.18. The highest BCUT2D eigenvalue weighted by Crippen LogP contribution is 2.38. The van der Waals surface area contributed by atoms with E-state index in [2.05, 4.69) is 24.3 Å². The topological polar surface area (TPSA) is 35.2 Å². The molecule has 3 heteroatoms. The van der Waals surface area contributed by atoms with Gasteiger partial charge in [-0.2, -0.15) is 11.8 Å². The number of nitrogens with two attached hydrogens (primary N) is 1. The first kappa shape index (κ1) is 12.4. The van der Waals surface area contributed by atoms with Crippen LogP contribution < -0.4 is 10.5 Å². The summed E-state index contributed by atoms with van der Waals surface area (Å²) in [6.07, 6.45) is 6.12. The number of hydrogen-bond donors (Lipinski definition) is 1. The zero-order chi connectivity index (χ0) is 12.4. The third-order valence-electron chi connectivity index (χ3n) is 3.82. The van der Waals surface area contributed by atoms with Crippen LogP contribution in [0, 0.1) is 0 Å². The number of hydrogen-bond acceptors (Lipinski definition) is 3. The predicted molar refractivity (Wildman–Crippen MR) is 77.3 cm³/mol. The fourth-order valence-electron chi connectivity index (χ4n) is 2.47. The molecule has 2 aliphatic rings. The molecule has 1 heterocycles. The number of thioether (sulfide) groups is 1. The second-order valence-corrected chi connectivity index (χ2v) is 6.75. The molecule has 0 aromatic heterocycles. The second-order valence-electron chi connectivity index (χ2n) is 5.60. The van der Waals surface area contributed by atoms with Gasteiger partial charge in [-0.3, -0.25) is 0 Å². The molecule has 1 aliphatic carbocycles. The number of para-hydroxylation sites is 1. The van der Waals surface area contributed by atoms with Gasteiger partial charge in [-0.1, -0.05) is 18.2 Å². The van der Waals surface area contributed by atoms with Crippen molar-refractivity contribution in [2.45, 2.75) is 43.7 Å². The molecule has 0 spiro atoms. The minimum atomic E-state index is 0.0563. The molecule has 1 atom stereocenters. The van der Waals surface area contributed by atoms with Crippen LogP contribution in [0.1, 0.15) is 31.2 Å². The predicted octanol–water partition coefficient (Wildman–Crippen LogP) is 2.99. The Labute approximate surface area is 113 Å². The molecule has 2 N–H and O–H groups in total. The Morgan fingerprint density at radius 1 is 1.33 bits per heavy atom. The summed E-state index contributed by atoms with van der Waals surface area (Å²) in [5.41, 5.74) is 7.56. The molecule has 1 saturated heterocycles. The van der Waals surface area contributed by atoms with E-state index in [1.54, 1.807) is 0 Å². The Hall–Kier alpha value is -0.670. The van der Waals surface area contributed by atoms with Gasteiger partial charge in [-0.25, -0.2) is 0 Å². The third-order valence-corrected chi connectivity index (χ3v) is 5.00. The van der Waals surface area contributed by atoms with Crippen molar-refractivity contribution < 1.29 is 4.74 Å². The van der Waals surface area contributed by atoms with Gasteiger partial charge < -0.3 is 10.5 Å². The number of ether oxygens (including phenoxy) is 1. The van der Waals surface area contributed by atoms with Gasteiger partial charge in [-0.05, 0) is 49.5 Å². The molecule has 0 amide bonds. The lowest BCUT2D eigenvalue weighted by molar-refractivity contribution is 0.209. The smallest absolute Gasteiger partial charge is 0.123 e. The summed E-state index contributed by atoms with van der Waals surface area (Å²) in [6, 6.07) is 8.41. The molecule has 1 aromatic rings. The summed E-state index contributed by atoms with van der Waals surface area (Å²) in [5.74, 6) is 3.47. The first-order chi connectivity index (χ1) is 8.75. The molecule has 0 bridgehead atoms. The van der Waals surface area contributed by atoms with E-state index >= 15 is 0 Å². The Morgan fingerprint density at radius 3 is 2.89 bits per heavy atom. The van der Waals surface area contributed by atoms with Crippen LogP contribution in [0.5, 0.6) is 5.75 Å². The lowest BCUT2D eigenvalue weighted by Crippen LogP contribution is -2.27. The van der Waals surface area contributed by atoms with E-state index in [4.69, 9.17) is 10.5 Å². The van der Waals surface area contributed by atoms with Crippen LogP contribution >= 0.6 is 11.8 Å². The zero-order valence-corrected chi connectivity index (χ0v) is 11.5. The molecule has 1 aromatic carbocycles. The van der Waals surface area contributed by atoms with E-state index in [1.165, 1.54) is 24.2 Å². The fraction of sp³-hybridized carbons (Fsp3) is 0.600. The summed E-state index contributed by atoms with van der Waals surface area (Å²) in [4.78, 5) is 0. The van der Waals surface area contributed by atoms with Crippen molar-refractivity contribution in [2.75, 3.05) is 11.5 Å². The summed E-state index contributed by atoms with van der Waals surface area (Å²) in [6.45, 7) is 0. The summed E-state index contributed by atoms with van der Waals surface area (Å²) >= 11 is 2.00. The van der Waals surface area contributed by atoms with Gasteiger partial charge in [-0.15, -0.1) is 0 Å². The second kappa shape index (κ2) is 5.14. The van der Waals surface area contributed by atoms with E-state index in [1.807, 2.05) is 11.8 Å². The Morgan fingerprint density at radius 2 is 2.17 bits per heavy atom. The quantitative estimate of drug-likeness (QED) is 0.907. The van der Waals surface area contributed by atoms with Gasteiger partial charge in [0.25, 0.3) is 0 Å². The molecule has 0 radical (unpaired) electrons. The van der Waals surface area contributed by atoms with Crippen LogP contribution in [0.25, 0.3) is 0 Å². The molecule has 1 saturated carbocycles. The lowest BCUT2D eigenvalue weighted by Gasteiger charge is -2.24. The Bertz CT molecular complexity index is 411. The average Bonchev–Trinajstić information content (AvgIpc) is 3.11. The number of benzene rings is 1. The van der Waals surface area contributed by atoms with Crippen molar-refractivity contribution in [3.63, 3.8) is 0 Å². The maximum atomic E-state index is 6.22. The van der Waals surface area contributed by atoms with Crippen LogP contribution in [-0.2, 0) is 6.42 Å². The van der Waals surface area contributed by atoms with Crippen molar-refractivity contribution in [1.82, 2.24) is 0 Å². The van der Waals surface area contributed by atoms with Crippen molar-refractivity contribution in [2.24, 2.45) is 5.73 Å². The van der Waals surface area contributed by atoms with Crippen LogP contribution in [0.2, 0.25) is 0 Å². The van der Waals surface area contributed by atoms with Crippen molar-refractivity contribution >= 4 is 11.8 Å². The van der Waals surface area contributed by atoms with Crippen LogP contribution in [0.3, 0.4) is 0 Å². The van der Waals surface area contributed by atoms with E-state index in [0.29, 0.717) is 6.10 Å². The van der Waals surface area contributed by atoms with Gasteiger partial charge in [0.1, 0.15) is 11.9 Å². The van der Waals surface area contributed by atoms with E-state index in [0.717, 1.165) is 30.8 Å². The molecule has 2 nitrogen and oxygen atoms in total. The highest BCUT2D eigenvalue weighted by atomic mass is 32.2. The maximum Gasteiger partial charge on any atom is 0.123 e. The minimum Gasteiger partial charge on any atom is -0.489 e. The lowest BCUT2D eigenvalue weighted by atomic mass is 10.0. The van der Waals surface area contributed by atoms with Crippen molar-refractivity contribution in [1.29, 1.82) is 0 Å². The highest BCUT2D eigenvalue weighted by Gasteiger charge is 2.38. The van der Waals surface area contributed by atoms with Crippen LogP contribution in [0.4, 0.5) is 0 Å². The molecular weight excluding hydrogens is 242 g/mol. The molecule has 1 unspecified atom stereocenters. The van der Waals surface area contributed by atoms with Gasteiger partial charge in [0.05, 0.1) is 0 Å². The molecule has 3 rings (SSSR count). The highest BCUT2D eigenvalue weighted by molar-refractivity contribution is 7.99. The molecule has 18 heavy (non-hydrogen) atoms. The molecule has 2 fully saturated rings. The van der Waals surface area contributed by atoms with Gasteiger partial charge in [0.15, 0.2) is 0 Å². The van der Waals surface area contributed by atoms with Crippen molar-refractivity contribution in [3.05, 3.63) is 29.8 Å². The zero-order valence-electron chi connectivity index (χ0n) is 10.7. The molecule has 1 aliphatic heterocycles. The number of rotatable bonds is 4. The summed E-state index contributed by atoms with van der Waals surface area (Å²) in [5, 5.41) is 0. The van der Waals surface area contributed by atoms with Gasteiger partial charge in [0, 0.05) is 11.3 Å². The van der Waals surface area contributed by atoms with Crippen molar-refractivity contribution in [3.8, 4) is 5.75 Å². The Kier molecular flexibility index (Phi) is 3.53. The average molecular weight is 263 g/mol. The SMILES string of the molecule is NC1(Cc2ccccc2OC2CCCSC2)CC1. The Balaban J connectivity index is 1.69. The standard InChI is InChI=1S/C15H21NOS/c16-15(7-8-15)10-12-4-1-2-6-14(12)17-13-5-3-9-18-11-13/h1-2,4,6,13H,3,5,7-11,16H2. The third kappa shape index (κ3) is 3.01. The molecular formula is C15H21NOS. The normalized spacial score (nSPS) is 25.7. The first-order valence-corrected chi connectivity index (χ1v) is 8.02. The van der Waals surface area contributed by atoms with Crippen LogP contribution in [-0.4, -0.2) is 23.1 Å². The van der Waals surface area contributed by atoms with Crippen LogP contribution in [0.15, 0.2) is 24.3 Å². The van der Waals surface area contributed by atoms with E-state index in [-0.39, 0.29) is 5.54 Å².